The fourth-order valence-electron chi connectivity index (χ4n) is 5.77. The third kappa shape index (κ3) is 5.42. The number of aromatic nitrogens is 1. The van der Waals surface area contributed by atoms with Gasteiger partial charge in [-0.15, -0.1) is 0 Å². The number of pyridine rings is 1. The molecule has 2 N–H and O–H groups in total. The highest BCUT2D eigenvalue weighted by atomic mass is 19.1. The van der Waals surface area contributed by atoms with Crippen LogP contribution in [0.1, 0.15) is 57.4 Å². The summed E-state index contributed by atoms with van der Waals surface area (Å²) in [5.74, 6) is -1.23. The molecule has 1 aromatic carbocycles. The molecule has 1 aliphatic carbocycles. The fourth-order valence-corrected chi connectivity index (χ4v) is 5.77. The third-order valence-corrected chi connectivity index (χ3v) is 7.84. The summed E-state index contributed by atoms with van der Waals surface area (Å²) in [5, 5.41) is 0. The van der Waals surface area contributed by atoms with Crippen LogP contribution in [-0.4, -0.2) is 40.7 Å². The highest BCUT2D eigenvalue weighted by Gasteiger charge is 2.55. The van der Waals surface area contributed by atoms with Gasteiger partial charge < -0.3 is 10.6 Å². The van der Waals surface area contributed by atoms with Crippen LogP contribution in [0.15, 0.2) is 42.6 Å². The minimum absolute atomic E-state index is 0.196. The van der Waals surface area contributed by atoms with Crippen molar-refractivity contribution in [2.45, 2.75) is 64.3 Å². The molecule has 0 unspecified atom stereocenters. The topological polar surface area (TPSA) is 96.6 Å². The first-order valence-corrected chi connectivity index (χ1v) is 12.9. The fraction of sp³-hybridized carbons (Fsp3) is 0.500. The summed E-state index contributed by atoms with van der Waals surface area (Å²) < 4.78 is 13.8. The summed E-state index contributed by atoms with van der Waals surface area (Å²) in [6.45, 7) is 2.08. The van der Waals surface area contributed by atoms with Crippen molar-refractivity contribution in [2.75, 3.05) is 17.7 Å². The molecule has 0 radical (unpaired) electrons. The highest BCUT2D eigenvalue weighted by molar-refractivity contribution is 6.12. The van der Waals surface area contributed by atoms with E-state index in [-0.39, 0.29) is 30.6 Å². The van der Waals surface area contributed by atoms with Crippen LogP contribution in [0.3, 0.4) is 0 Å². The van der Waals surface area contributed by atoms with Gasteiger partial charge in [0, 0.05) is 25.4 Å². The number of hydrogen-bond donors (Lipinski definition) is 1. The summed E-state index contributed by atoms with van der Waals surface area (Å²) >= 11 is 0. The Hall–Kier alpha value is -3.29. The van der Waals surface area contributed by atoms with Crippen molar-refractivity contribution in [2.24, 2.45) is 17.8 Å². The second kappa shape index (κ2) is 11.2. The van der Waals surface area contributed by atoms with E-state index in [0.29, 0.717) is 17.4 Å². The van der Waals surface area contributed by atoms with E-state index in [1.54, 1.807) is 31.4 Å². The molecule has 8 heteroatoms. The molecule has 36 heavy (non-hydrogen) atoms. The Morgan fingerprint density at radius 2 is 1.94 bits per heavy atom. The molecule has 0 bridgehead atoms. The molecule has 4 rings (SSSR count). The summed E-state index contributed by atoms with van der Waals surface area (Å²) in [4.78, 5) is 46.9. The number of amides is 3. The number of hydrogen-bond acceptors (Lipinski definition) is 5. The van der Waals surface area contributed by atoms with E-state index in [1.807, 2.05) is 0 Å². The Labute approximate surface area is 211 Å². The maximum absolute atomic E-state index is 13.8. The quantitative estimate of drug-likeness (QED) is 0.550. The number of likely N-dealkylation sites (N-methyl/N-ethyl adjacent to an activating group) is 1. The predicted octanol–water partition coefficient (Wildman–Crippen LogP) is 4.36. The van der Waals surface area contributed by atoms with E-state index in [9.17, 15) is 18.8 Å². The lowest BCUT2D eigenvalue weighted by Crippen LogP contribution is -2.69. The molecular formula is C28H35FN4O3. The smallest absolute Gasteiger partial charge is 0.250 e. The number of carbonyl (C=O) groups excluding carboxylic acids is 3. The van der Waals surface area contributed by atoms with Gasteiger partial charge in [-0.3, -0.25) is 19.3 Å². The lowest BCUT2D eigenvalue weighted by Gasteiger charge is -2.46. The van der Waals surface area contributed by atoms with Gasteiger partial charge >= 0.3 is 0 Å². The molecule has 7 nitrogen and oxygen atoms in total. The Morgan fingerprint density at radius 3 is 2.61 bits per heavy atom. The van der Waals surface area contributed by atoms with Gasteiger partial charge in [0.25, 0.3) is 5.91 Å². The van der Waals surface area contributed by atoms with Crippen molar-refractivity contribution in [3.05, 3.63) is 54.0 Å². The van der Waals surface area contributed by atoms with Crippen molar-refractivity contribution in [1.29, 1.82) is 0 Å². The molecule has 0 spiro atoms. The summed E-state index contributed by atoms with van der Waals surface area (Å²) in [6.07, 6.45) is 8.74. The average Bonchev–Trinajstić information content (AvgIpc) is 2.88. The second-order valence-electron chi connectivity index (χ2n) is 10.1. The first-order chi connectivity index (χ1) is 17.3. The molecule has 2 aromatic rings. The zero-order valence-electron chi connectivity index (χ0n) is 21.0. The number of rotatable bonds is 8. The van der Waals surface area contributed by atoms with Crippen LogP contribution >= 0.6 is 0 Å². The lowest BCUT2D eigenvalue weighted by molar-refractivity contribution is -0.171. The van der Waals surface area contributed by atoms with Crippen LogP contribution in [-0.2, 0) is 20.8 Å². The zero-order chi connectivity index (χ0) is 25.8. The first-order valence-electron chi connectivity index (χ1n) is 12.9. The Bertz CT molecular complexity index is 1120. The van der Waals surface area contributed by atoms with E-state index in [2.05, 4.69) is 11.9 Å². The molecule has 2 heterocycles. The van der Waals surface area contributed by atoms with Gasteiger partial charge in [-0.05, 0) is 54.2 Å². The standard InChI is InChI=1S/C28H35FN4O3/c1-3-19(20-8-5-4-6-9-20)16-25(34)33-26(28(36)32(2)22-11-7-10-21(29)17-22)23(27(33)35)14-18-12-13-31-24(30)15-18/h7,10-13,15,17,19-20,23,26H,3-6,8-9,14,16H2,1-2H3,(H2,30,31)/t19-,23+,26-/m0/s1. The van der Waals surface area contributed by atoms with Crippen molar-refractivity contribution in [3.8, 4) is 0 Å². The number of likely N-dealkylation sites (tertiary alicyclic amines) is 1. The predicted molar refractivity (Wildman–Crippen MR) is 136 cm³/mol. The second-order valence-corrected chi connectivity index (χ2v) is 10.1. The van der Waals surface area contributed by atoms with Gasteiger partial charge in [0.05, 0.1) is 5.92 Å². The van der Waals surface area contributed by atoms with Gasteiger partial charge in [0.2, 0.25) is 11.8 Å². The van der Waals surface area contributed by atoms with Gasteiger partial charge in [-0.2, -0.15) is 0 Å². The van der Waals surface area contributed by atoms with Crippen molar-refractivity contribution >= 4 is 29.2 Å². The molecule has 1 aromatic heterocycles. The van der Waals surface area contributed by atoms with Crippen LogP contribution < -0.4 is 10.6 Å². The number of nitrogens with zero attached hydrogens (tertiary/aromatic N) is 3. The van der Waals surface area contributed by atoms with Crippen molar-refractivity contribution < 1.29 is 18.8 Å². The monoisotopic (exact) mass is 494 g/mol. The maximum atomic E-state index is 13.8. The SMILES string of the molecule is CC[C@@H](CC(=O)N1C(=O)[C@H](Cc2ccnc(N)c2)[C@H]1C(=O)N(C)c1cccc(F)c1)C1CCCCC1. The molecule has 1 saturated heterocycles. The number of nitrogen functional groups attached to an aromatic ring is 1. The van der Waals surface area contributed by atoms with Gasteiger partial charge in [-0.25, -0.2) is 9.37 Å². The van der Waals surface area contributed by atoms with Crippen LogP contribution in [0.2, 0.25) is 0 Å². The normalized spacial score (nSPS) is 21.1. The summed E-state index contributed by atoms with van der Waals surface area (Å²) in [5.41, 5.74) is 6.95. The van der Waals surface area contributed by atoms with Crippen LogP contribution in [0, 0.1) is 23.6 Å². The van der Waals surface area contributed by atoms with Gasteiger partial charge in [0.1, 0.15) is 17.7 Å². The van der Waals surface area contributed by atoms with Crippen molar-refractivity contribution in [1.82, 2.24) is 9.88 Å². The zero-order valence-corrected chi connectivity index (χ0v) is 21.0. The molecule has 1 aliphatic heterocycles. The third-order valence-electron chi connectivity index (χ3n) is 7.84. The molecule has 2 fully saturated rings. The minimum Gasteiger partial charge on any atom is -0.384 e. The number of carbonyl (C=O) groups is 3. The van der Waals surface area contributed by atoms with Gasteiger partial charge in [0.15, 0.2) is 0 Å². The molecular weight excluding hydrogens is 459 g/mol. The number of β-lactam (4-membered cyclic amide) rings is 1. The largest absolute Gasteiger partial charge is 0.384 e. The first kappa shape index (κ1) is 25.8. The minimum atomic E-state index is -0.948. The van der Waals surface area contributed by atoms with E-state index in [4.69, 9.17) is 5.73 Å². The molecule has 192 valence electrons. The lowest BCUT2D eigenvalue weighted by atomic mass is 9.76. The molecule has 3 atom stereocenters. The van der Waals surface area contributed by atoms with Gasteiger partial charge in [-0.1, -0.05) is 51.5 Å². The molecule has 2 aliphatic rings. The Morgan fingerprint density at radius 1 is 1.19 bits per heavy atom. The maximum Gasteiger partial charge on any atom is 0.250 e. The Kier molecular flexibility index (Phi) is 8.01. The van der Waals surface area contributed by atoms with E-state index < -0.39 is 23.7 Å². The number of imide groups is 1. The average molecular weight is 495 g/mol. The van der Waals surface area contributed by atoms with Crippen LogP contribution in [0.5, 0.6) is 0 Å². The molecule has 3 amide bonds. The number of anilines is 2. The van der Waals surface area contributed by atoms with E-state index >= 15 is 0 Å². The number of benzene rings is 1. The number of nitrogens with two attached hydrogens (primary N) is 1. The number of halogens is 1. The molecule has 1 saturated carbocycles. The summed E-state index contributed by atoms with van der Waals surface area (Å²) in [7, 11) is 1.54. The van der Waals surface area contributed by atoms with Crippen LogP contribution in [0.4, 0.5) is 15.9 Å². The van der Waals surface area contributed by atoms with E-state index in [0.717, 1.165) is 29.7 Å². The van der Waals surface area contributed by atoms with Crippen molar-refractivity contribution in [3.63, 3.8) is 0 Å². The van der Waals surface area contributed by atoms with E-state index in [1.165, 1.54) is 42.4 Å². The summed E-state index contributed by atoms with van der Waals surface area (Å²) in [6, 6.07) is 8.19. The highest BCUT2D eigenvalue weighted by Crippen LogP contribution is 2.37. The Balaban J connectivity index is 1.57. The van der Waals surface area contributed by atoms with Crippen LogP contribution in [0.25, 0.3) is 0 Å².